The number of hydrogen-bond donors (Lipinski definition) is 2. The van der Waals surface area contributed by atoms with Crippen molar-refractivity contribution in [1.29, 1.82) is 0 Å². The predicted octanol–water partition coefficient (Wildman–Crippen LogP) is 2.65. The zero-order chi connectivity index (χ0) is 28.3. The second-order valence-corrected chi connectivity index (χ2v) is 9.58. The van der Waals surface area contributed by atoms with E-state index in [1.54, 1.807) is 12.1 Å². The molecule has 1 amide bonds. The highest BCUT2D eigenvalue weighted by molar-refractivity contribution is 7.93. The van der Waals surface area contributed by atoms with Gasteiger partial charge in [0.1, 0.15) is 23.0 Å². The van der Waals surface area contributed by atoms with Gasteiger partial charge in [-0.15, -0.1) is 0 Å². The first kappa shape index (κ1) is 30.0. The third kappa shape index (κ3) is 9.00. The molecule has 2 rings (SSSR count). The highest BCUT2D eigenvalue weighted by Crippen LogP contribution is 2.35. The minimum Gasteiger partial charge on any atom is -0.496 e. The van der Waals surface area contributed by atoms with Crippen LogP contribution in [0.4, 0.5) is 5.69 Å². The van der Waals surface area contributed by atoms with Crippen molar-refractivity contribution in [2.24, 2.45) is 0 Å². The largest absolute Gasteiger partial charge is 0.496 e. The molecule has 0 aromatic heterocycles. The van der Waals surface area contributed by atoms with Crippen LogP contribution in [0.5, 0.6) is 23.0 Å². The Morgan fingerprint density at radius 3 is 2.08 bits per heavy atom. The number of carbonyl (C=O) groups excluding carboxylic acids is 2. The third-order valence-corrected chi connectivity index (χ3v) is 6.29. The van der Waals surface area contributed by atoms with E-state index >= 15 is 0 Å². The van der Waals surface area contributed by atoms with E-state index < -0.39 is 46.5 Å². The molecule has 0 aliphatic rings. The lowest BCUT2D eigenvalue weighted by atomic mass is 10.1. The molecule has 0 bridgehead atoms. The fourth-order valence-electron chi connectivity index (χ4n) is 3.21. The van der Waals surface area contributed by atoms with Gasteiger partial charge < -0.3 is 34.1 Å². The van der Waals surface area contributed by atoms with Crippen LogP contribution in [0.15, 0.2) is 35.7 Å². The monoisotopic (exact) mass is 551 g/mol. The van der Waals surface area contributed by atoms with Crippen LogP contribution in [0.1, 0.15) is 24.0 Å². The fraction of sp³-hybridized carbons (Fsp3) is 0.320. The number of carboxylic acid groups (broad SMARTS) is 1. The maximum absolute atomic E-state index is 12.9. The number of carbonyl (C=O) groups is 3. The summed E-state index contributed by atoms with van der Waals surface area (Å²) < 4.78 is 51.5. The van der Waals surface area contributed by atoms with Crippen molar-refractivity contribution in [2.45, 2.75) is 18.6 Å². The molecule has 0 unspecified atom stereocenters. The van der Waals surface area contributed by atoms with Crippen molar-refractivity contribution in [3.63, 3.8) is 0 Å². The Balaban J connectivity index is 2.17. The zero-order valence-electron chi connectivity index (χ0n) is 21.3. The van der Waals surface area contributed by atoms with Gasteiger partial charge in [0, 0.05) is 17.5 Å². The van der Waals surface area contributed by atoms with Gasteiger partial charge in [0.25, 0.3) is 5.91 Å². The third-order valence-electron chi connectivity index (χ3n) is 5.01. The molecule has 2 aromatic rings. The number of hydrogen-bond acceptors (Lipinski definition) is 10. The van der Waals surface area contributed by atoms with E-state index in [-0.39, 0.29) is 17.9 Å². The zero-order valence-corrected chi connectivity index (χ0v) is 22.1. The first-order chi connectivity index (χ1) is 18.0. The van der Waals surface area contributed by atoms with Crippen molar-refractivity contribution in [3.8, 4) is 23.0 Å². The molecule has 38 heavy (non-hydrogen) atoms. The molecule has 0 fully saturated rings. The molecule has 0 spiro atoms. The number of rotatable bonds is 14. The Kier molecular flexibility index (Phi) is 10.9. The molecule has 13 heteroatoms. The Morgan fingerprint density at radius 1 is 0.895 bits per heavy atom. The number of anilines is 1. The van der Waals surface area contributed by atoms with E-state index in [2.05, 4.69) is 5.32 Å². The predicted molar refractivity (Wildman–Crippen MR) is 137 cm³/mol. The number of methoxy groups -OCH3 is 4. The first-order valence-electron chi connectivity index (χ1n) is 11.1. The average Bonchev–Trinajstić information content (AvgIpc) is 2.88. The van der Waals surface area contributed by atoms with Gasteiger partial charge in [-0.05, 0) is 23.8 Å². The van der Waals surface area contributed by atoms with Crippen LogP contribution in [0.3, 0.4) is 0 Å². The van der Waals surface area contributed by atoms with Gasteiger partial charge in [0.2, 0.25) is 0 Å². The van der Waals surface area contributed by atoms with Gasteiger partial charge in [-0.25, -0.2) is 8.42 Å². The minimum absolute atomic E-state index is 0.161. The lowest BCUT2D eigenvalue weighted by Gasteiger charge is -2.13. The second-order valence-electron chi connectivity index (χ2n) is 7.69. The maximum atomic E-state index is 12.9. The summed E-state index contributed by atoms with van der Waals surface area (Å²) in [6.45, 7) is -0.654. The van der Waals surface area contributed by atoms with Gasteiger partial charge in [-0.2, -0.15) is 0 Å². The highest BCUT2D eigenvalue weighted by atomic mass is 32.2. The second kappa shape index (κ2) is 13.9. The summed E-state index contributed by atoms with van der Waals surface area (Å²) >= 11 is 0. The summed E-state index contributed by atoms with van der Waals surface area (Å²) in [5, 5.41) is 12.1. The topological polar surface area (TPSA) is 164 Å². The van der Waals surface area contributed by atoms with Crippen LogP contribution in [-0.4, -0.2) is 66.4 Å². The number of benzene rings is 2. The van der Waals surface area contributed by atoms with Crippen molar-refractivity contribution >= 4 is 39.4 Å². The maximum Gasteiger partial charge on any atom is 0.306 e. The molecule has 206 valence electrons. The van der Waals surface area contributed by atoms with Crippen LogP contribution in [0, 0.1) is 0 Å². The number of nitrogens with one attached hydrogen (secondary N) is 1. The van der Waals surface area contributed by atoms with Crippen LogP contribution < -0.4 is 24.3 Å². The quantitative estimate of drug-likeness (QED) is 0.332. The Bertz CT molecular complexity index is 1280. The smallest absolute Gasteiger partial charge is 0.306 e. The molecule has 12 nitrogen and oxygen atoms in total. The van der Waals surface area contributed by atoms with Crippen LogP contribution >= 0.6 is 0 Å². The van der Waals surface area contributed by atoms with Gasteiger partial charge in [0.15, 0.2) is 16.4 Å². The van der Waals surface area contributed by atoms with E-state index in [0.29, 0.717) is 28.4 Å². The fourth-order valence-corrected chi connectivity index (χ4v) is 4.29. The lowest BCUT2D eigenvalue weighted by molar-refractivity contribution is -0.149. The van der Waals surface area contributed by atoms with E-state index in [0.717, 1.165) is 5.41 Å². The van der Waals surface area contributed by atoms with Gasteiger partial charge >= 0.3 is 11.9 Å². The summed E-state index contributed by atoms with van der Waals surface area (Å²) in [5.74, 6) is -1.70. The summed E-state index contributed by atoms with van der Waals surface area (Å²) in [5.41, 5.74) is 0.909. The summed E-state index contributed by atoms with van der Waals surface area (Å²) in [6.07, 6.45) is 0.565. The van der Waals surface area contributed by atoms with Crippen LogP contribution in [0.2, 0.25) is 0 Å². The van der Waals surface area contributed by atoms with Crippen LogP contribution in [0.25, 0.3) is 6.08 Å². The number of esters is 1. The Hall–Kier alpha value is -4.26. The molecule has 0 radical (unpaired) electrons. The van der Waals surface area contributed by atoms with Crippen molar-refractivity contribution in [3.05, 3.63) is 46.9 Å². The summed E-state index contributed by atoms with van der Waals surface area (Å²) in [7, 11) is 1.93. The van der Waals surface area contributed by atoms with Crippen LogP contribution in [-0.2, 0) is 34.7 Å². The van der Waals surface area contributed by atoms with E-state index in [1.165, 1.54) is 52.7 Å². The van der Waals surface area contributed by atoms with E-state index in [4.69, 9.17) is 28.8 Å². The number of carboxylic acids is 1. The molecule has 0 saturated heterocycles. The van der Waals surface area contributed by atoms with Crippen molar-refractivity contribution in [1.82, 2.24) is 0 Å². The average molecular weight is 552 g/mol. The number of amides is 1. The molecule has 2 N–H and O–H groups in total. The molecule has 0 saturated carbocycles. The van der Waals surface area contributed by atoms with Gasteiger partial charge in [0.05, 0.1) is 58.3 Å². The van der Waals surface area contributed by atoms with Crippen molar-refractivity contribution in [2.75, 3.05) is 40.4 Å². The highest BCUT2D eigenvalue weighted by Gasteiger charge is 2.16. The molecule has 0 aliphatic heterocycles. The number of aliphatic carboxylic acids is 1. The first-order valence-corrected chi connectivity index (χ1v) is 12.8. The molecule has 0 atom stereocenters. The normalized spacial score (nSPS) is 11.1. The van der Waals surface area contributed by atoms with Gasteiger partial charge in [-0.1, -0.05) is 6.07 Å². The molecular formula is C25H29NO11S. The molecule has 2 aromatic carbocycles. The number of sulfone groups is 1. The van der Waals surface area contributed by atoms with Gasteiger partial charge in [-0.3, -0.25) is 14.4 Å². The van der Waals surface area contributed by atoms with E-state index in [9.17, 15) is 22.8 Å². The van der Waals surface area contributed by atoms with E-state index in [1.807, 2.05) is 0 Å². The SMILES string of the molecule is COc1cc(OC)c(C=CS(=O)(=O)Cc2ccc(OC)c(NC(=O)COC(=O)CCC(=O)O)c2)c(OC)c1. The molecule has 0 aliphatic carbocycles. The standard InChI is InChI=1S/C25H29NO11S/c1-33-17-12-21(35-3)18(22(13-17)36-4)9-10-38(31,32)15-16-5-6-20(34-2)19(11-16)26-23(27)14-37-25(30)8-7-24(28)29/h5-6,9-13H,7-8,14-15H2,1-4H3,(H,26,27)(H,28,29). The molecule has 0 heterocycles. The Morgan fingerprint density at radius 2 is 1.53 bits per heavy atom. The molecular weight excluding hydrogens is 522 g/mol. The Labute approximate surface area is 220 Å². The summed E-state index contributed by atoms with van der Waals surface area (Å²) in [6, 6.07) is 7.62. The summed E-state index contributed by atoms with van der Waals surface area (Å²) in [4.78, 5) is 34.3. The van der Waals surface area contributed by atoms with Crippen molar-refractivity contribution < 1.29 is 51.6 Å². The number of ether oxygens (including phenoxy) is 5. The minimum atomic E-state index is -3.79. The lowest BCUT2D eigenvalue weighted by Crippen LogP contribution is -2.21.